The molecule has 0 atom stereocenters. The van der Waals surface area contributed by atoms with Gasteiger partial charge in [-0.3, -0.25) is 0 Å². The summed E-state index contributed by atoms with van der Waals surface area (Å²) < 4.78 is 1.03. The zero-order valence-corrected chi connectivity index (χ0v) is 9.41. The molecule has 0 aliphatic rings. The summed E-state index contributed by atoms with van der Waals surface area (Å²) >= 11 is 5.15. The first-order valence-corrected chi connectivity index (χ1v) is 5.71. The van der Waals surface area contributed by atoms with E-state index in [-0.39, 0.29) is 0 Å². The van der Waals surface area contributed by atoms with Gasteiger partial charge in [0.25, 0.3) is 0 Å². The summed E-state index contributed by atoms with van der Waals surface area (Å²) in [5.41, 5.74) is 1.34. The zero-order valence-electron chi connectivity index (χ0n) is 7.01. The molecule has 64 valence electrons. The molecule has 2 heteroatoms. The molecule has 0 radical (unpaired) electrons. The molecule has 0 saturated heterocycles. The Hall–Kier alpha value is -0.210. The van der Waals surface area contributed by atoms with Crippen LogP contribution in [0.2, 0.25) is 0 Å². The highest BCUT2D eigenvalue weighted by molar-refractivity contribution is 9.11. The minimum atomic E-state index is 0.914. The Morgan fingerprint density at radius 1 is 1.50 bits per heavy atom. The summed E-state index contributed by atoms with van der Waals surface area (Å²) in [6.07, 6.45) is 3.01. The molecule has 0 fully saturated rings. The van der Waals surface area contributed by atoms with Gasteiger partial charge in [-0.15, -0.1) is 11.8 Å². The van der Waals surface area contributed by atoms with Gasteiger partial charge in [0.1, 0.15) is 0 Å². The van der Waals surface area contributed by atoms with Gasteiger partial charge in [0.15, 0.2) is 0 Å². The summed E-state index contributed by atoms with van der Waals surface area (Å²) in [7, 11) is 0. The van der Waals surface area contributed by atoms with Crippen LogP contribution in [0.4, 0.5) is 0 Å². The Balaban J connectivity index is 2.89. The lowest BCUT2D eigenvalue weighted by Gasteiger charge is -2.04. The van der Waals surface area contributed by atoms with Crippen LogP contribution in [0.1, 0.15) is 5.56 Å². The fourth-order valence-corrected chi connectivity index (χ4v) is 1.97. The van der Waals surface area contributed by atoms with E-state index in [0.717, 1.165) is 10.9 Å². The van der Waals surface area contributed by atoms with Gasteiger partial charge in [-0.25, -0.2) is 0 Å². The highest BCUT2D eigenvalue weighted by Crippen LogP contribution is 2.23. The standard InChI is InChI=1S/C10H11BrS/c1-8(11)7-9-5-3-4-6-10(9)12-2/h3-6H,1,7H2,2H3. The summed E-state index contributed by atoms with van der Waals surface area (Å²) in [5, 5.41) is 0. The lowest BCUT2D eigenvalue weighted by atomic mass is 10.1. The van der Waals surface area contributed by atoms with Crippen LogP contribution in [0.25, 0.3) is 0 Å². The number of thioether (sulfide) groups is 1. The molecule has 0 nitrogen and oxygen atoms in total. The smallest absolute Gasteiger partial charge is 0.0105 e. The van der Waals surface area contributed by atoms with Gasteiger partial charge in [0, 0.05) is 11.3 Å². The third-order valence-corrected chi connectivity index (χ3v) is 2.69. The van der Waals surface area contributed by atoms with Crippen molar-refractivity contribution < 1.29 is 0 Å². The lowest BCUT2D eigenvalue weighted by molar-refractivity contribution is 1.17. The van der Waals surface area contributed by atoms with Crippen LogP contribution in [0.5, 0.6) is 0 Å². The number of benzene rings is 1. The van der Waals surface area contributed by atoms with Gasteiger partial charge in [0.05, 0.1) is 0 Å². The maximum absolute atomic E-state index is 3.83. The molecule has 0 aliphatic heterocycles. The Kier molecular flexibility index (Phi) is 3.89. The van der Waals surface area contributed by atoms with E-state index in [2.05, 4.69) is 53.0 Å². The first-order chi connectivity index (χ1) is 5.74. The lowest BCUT2D eigenvalue weighted by Crippen LogP contribution is -1.86. The second-order valence-corrected chi connectivity index (χ2v) is 4.48. The number of hydrogen-bond donors (Lipinski definition) is 0. The Bertz CT molecular complexity index is 281. The molecule has 0 N–H and O–H groups in total. The number of halogens is 1. The van der Waals surface area contributed by atoms with Crippen LogP contribution in [0.3, 0.4) is 0 Å². The van der Waals surface area contributed by atoms with Gasteiger partial charge in [-0.05, 0) is 22.4 Å². The molecule has 0 aliphatic carbocycles. The maximum Gasteiger partial charge on any atom is 0.0105 e. The van der Waals surface area contributed by atoms with E-state index in [1.54, 1.807) is 11.8 Å². The van der Waals surface area contributed by atoms with Crippen molar-refractivity contribution in [3.05, 3.63) is 40.9 Å². The monoisotopic (exact) mass is 242 g/mol. The van der Waals surface area contributed by atoms with Crippen molar-refractivity contribution in [2.24, 2.45) is 0 Å². The van der Waals surface area contributed by atoms with E-state index in [9.17, 15) is 0 Å². The summed E-state index contributed by atoms with van der Waals surface area (Å²) in [5.74, 6) is 0. The van der Waals surface area contributed by atoms with E-state index >= 15 is 0 Å². The summed E-state index contributed by atoms with van der Waals surface area (Å²) in [6.45, 7) is 3.83. The van der Waals surface area contributed by atoms with Crippen molar-refractivity contribution in [2.45, 2.75) is 11.3 Å². The van der Waals surface area contributed by atoms with Crippen molar-refractivity contribution >= 4 is 27.7 Å². The van der Waals surface area contributed by atoms with Crippen molar-refractivity contribution in [3.8, 4) is 0 Å². The van der Waals surface area contributed by atoms with Gasteiger partial charge in [0.2, 0.25) is 0 Å². The molecule has 0 saturated carbocycles. The van der Waals surface area contributed by atoms with E-state index in [0.29, 0.717) is 0 Å². The summed E-state index contributed by atoms with van der Waals surface area (Å²) in [6, 6.07) is 8.39. The molecular weight excluding hydrogens is 232 g/mol. The SMILES string of the molecule is C=C(Br)Cc1ccccc1SC. The molecule has 0 amide bonds. The van der Waals surface area contributed by atoms with Crippen molar-refractivity contribution in [1.29, 1.82) is 0 Å². The average molecular weight is 243 g/mol. The van der Waals surface area contributed by atoms with Crippen LogP contribution in [-0.2, 0) is 6.42 Å². The third-order valence-electron chi connectivity index (χ3n) is 1.57. The molecule has 0 heterocycles. The van der Waals surface area contributed by atoms with Crippen LogP contribution >= 0.6 is 27.7 Å². The van der Waals surface area contributed by atoms with Crippen LogP contribution in [0.15, 0.2) is 40.2 Å². The highest BCUT2D eigenvalue weighted by Gasteiger charge is 1.99. The van der Waals surface area contributed by atoms with Crippen LogP contribution in [-0.4, -0.2) is 6.26 Å². The minimum absolute atomic E-state index is 0.914. The number of allylic oxidation sites excluding steroid dienone is 1. The Morgan fingerprint density at radius 2 is 2.17 bits per heavy atom. The van der Waals surface area contributed by atoms with Gasteiger partial charge < -0.3 is 0 Å². The van der Waals surface area contributed by atoms with Crippen molar-refractivity contribution in [1.82, 2.24) is 0 Å². The normalized spacial score (nSPS) is 9.83. The van der Waals surface area contributed by atoms with E-state index in [1.807, 2.05) is 0 Å². The molecule has 0 aromatic heterocycles. The predicted octanol–water partition coefficient (Wildman–Crippen LogP) is 3.86. The number of hydrogen-bond acceptors (Lipinski definition) is 1. The Morgan fingerprint density at radius 3 is 2.75 bits per heavy atom. The predicted molar refractivity (Wildman–Crippen MR) is 60.0 cm³/mol. The minimum Gasteiger partial charge on any atom is -0.129 e. The zero-order chi connectivity index (χ0) is 8.97. The fourth-order valence-electron chi connectivity index (χ4n) is 1.06. The first-order valence-electron chi connectivity index (χ1n) is 3.69. The molecule has 0 spiro atoms. The summed E-state index contributed by atoms with van der Waals surface area (Å²) in [4.78, 5) is 1.33. The van der Waals surface area contributed by atoms with Crippen LogP contribution < -0.4 is 0 Å². The molecule has 0 unspecified atom stereocenters. The van der Waals surface area contributed by atoms with E-state index in [1.165, 1.54) is 10.5 Å². The van der Waals surface area contributed by atoms with Gasteiger partial charge in [-0.2, -0.15) is 0 Å². The topological polar surface area (TPSA) is 0 Å². The van der Waals surface area contributed by atoms with Crippen molar-refractivity contribution in [2.75, 3.05) is 6.26 Å². The average Bonchev–Trinajstić information content (AvgIpc) is 2.04. The first kappa shape index (κ1) is 9.87. The fraction of sp³-hybridized carbons (Fsp3) is 0.200. The maximum atomic E-state index is 3.83. The Labute approximate surface area is 86.2 Å². The second-order valence-electron chi connectivity index (χ2n) is 2.51. The van der Waals surface area contributed by atoms with E-state index in [4.69, 9.17) is 0 Å². The molecule has 12 heavy (non-hydrogen) atoms. The van der Waals surface area contributed by atoms with Crippen molar-refractivity contribution in [3.63, 3.8) is 0 Å². The molecule has 1 rings (SSSR count). The molecular formula is C10H11BrS. The van der Waals surface area contributed by atoms with E-state index < -0.39 is 0 Å². The van der Waals surface area contributed by atoms with Gasteiger partial charge in [-0.1, -0.05) is 40.7 Å². The molecule has 1 aromatic carbocycles. The van der Waals surface area contributed by atoms with Crippen LogP contribution in [0, 0.1) is 0 Å². The molecule has 1 aromatic rings. The van der Waals surface area contributed by atoms with Gasteiger partial charge >= 0.3 is 0 Å². The molecule has 0 bridgehead atoms. The quantitative estimate of drug-likeness (QED) is 0.726. The highest BCUT2D eigenvalue weighted by atomic mass is 79.9. The second kappa shape index (κ2) is 4.73. The largest absolute Gasteiger partial charge is 0.129 e. The third kappa shape index (κ3) is 2.68. The number of rotatable bonds is 3.